The number of furan rings is 1. The smallest absolute Gasteiger partial charge is 0.308 e. The van der Waals surface area contributed by atoms with E-state index >= 15 is 0 Å². The molecule has 3 aromatic heterocycles. The first kappa shape index (κ1) is 16.9. The van der Waals surface area contributed by atoms with E-state index in [0.29, 0.717) is 16.0 Å². The summed E-state index contributed by atoms with van der Waals surface area (Å²) in [5, 5.41) is 4.88. The van der Waals surface area contributed by atoms with Gasteiger partial charge in [0.05, 0.1) is 30.9 Å². The summed E-state index contributed by atoms with van der Waals surface area (Å²) in [6.07, 6.45) is 2.89. The number of hydrogen-bond acceptors (Lipinski definition) is 7. The molecular weight excluding hydrogens is 346 g/mol. The second kappa shape index (κ2) is 7.75. The number of esters is 1. The van der Waals surface area contributed by atoms with E-state index in [-0.39, 0.29) is 31.7 Å². The predicted molar refractivity (Wildman–Crippen MR) is 90.0 cm³/mol. The van der Waals surface area contributed by atoms with Crippen LogP contribution in [0.4, 0.5) is 0 Å². The molecule has 0 aliphatic carbocycles. The van der Waals surface area contributed by atoms with Gasteiger partial charge in [-0.1, -0.05) is 0 Å². The highest BCUT2D eigenvalue weighted by Crippen LogP contribution is 2.13. The van der Waals surface area contributed by atoms with E-state index in [0.717, 1.165) is 0 Å². The number of fused-ring (bicyclic) bond motifs is 1. The van der Waals surface area contributed by atoms with Gasteiger partial charge in [0.15, 0.2) is 6.61 Å². The zero-order valence-electron chi connectivity index (χ0n) is 13.1. The minimum Gasteiger partial charge on any atom is -0.467 e. The summed E-state index contributed by atoms with van der Waals surface area (Å²) in [4.78, 5) is 40.3. The molecule has 3 rings (SSSR count). The van der Waals surface area contributed by atoms with Gasteiger partial charge in [0.1, 0.15) is 10.6 Å². The second-order valence-electron chi connectivity index (χ2n) is 5.15. The van der Waals surface area contributed by atoms with Crippen molar-refractivity contribution in [3.8, 4) is 0 Å². The Morgan fingerprint density at radius 2 is 2.24 bits per heavy atom. The maximum absolute atomic E-state index is 12.2. The summed E-state index contributed by atoms with van der Waals surface area (Å²) in [5.74, 6) is -0.385. The number of nitrogens with one attached hydrogen (secondary N) is 1. The van der Waals surface area contributed by atoms with E-state index in [4.69, 9.17) is 9.15 Å². The maximum Gasteiger partial charge on any atom is 0.308 e. The van der Waals surface area contributed by atoms with Gasteiger partial charge in [0, 0.05) is 6.54 Å². The Hall–Kier alpha value is -2.94. The molecule has 0 bridgehead atoms. The molecule has 25 heavy (non-hydrogen) atoms. The van der Waals surface area contributed by atoms with Gasteiger partial charge in [-0.05, 0) is 23.6 Å². The number of aromatic nitrogens is 2. The molecule has 3 heterocycles. The zero-order chi connectivity index (χ0) is 17.6. The molecule has 0 aliphatic rings. The van der Waals surface area contributed by atoms with Gasteiger partial charge < -0.3 is 14.5 Å². The van der Waals surface area contributed by atoms with Crippen molar-refractivity contribution in [1.82, 2.24) is 14.9 Å². The van der Waals surface area contributed by atoms with Crippen molar-refractivity contribution in [3.63, 3.8) is 0 Å². The van der Waals surface area contributed by atoms with Crippen LogP contribution < -0.4 is 10.9 Å². The molecule has 1 N–H and O–H groups in total. The van der Waals surface area contributed by atoms with Crippen LogP contribution in [0.15, 0.2) is 45.4 Å². The first-order chi connectivity index (χ1) is 12.1. The number of amides is 1. The Morgan fingerprint density at radius 3 is 3.04 bits per heavy atom. The summed E-state index contributed by atoms with van der Waals surface area (Å²) in [7, 11) is 0. The molecule has 9 heteroatoms. The Morgan fingerprint density at radius 1 is 1.36 bits per heavy atom. The van der Waals surface area contributed by atoms with Crippen molar-refractivity contribution in [2.24, 2.45) is 0 Å². The van der Waals surface area contributed by atoms with Crippen LogP contribution in [0.2, 0.25) is 0 Å². The Labute approximate surface area is 146 Å². The SMILES string of the molecule is O=C(COC(=O)CCn1cnc2sccc2c1=O)NCc1ccco1. The fourth-order valence-corrected chi connectivity index (χ4v) is 2.86. The molecule has 0 radical (unpaired) electrons. The lowest BCUT2D eigenvalue weighted by molar-refractivity contribution is -0.148. The molecule has 1 amide bonds. The van der Waals surface area contributed by atoms with Crippen LogP contribution in [0.5, 0.6) is 0 Å². The lowest BCUT2D eigenvalue weighted by Crippen LogP contribution is -2.28. The van der Waals surface area contributed by atoms with Crippen LogP contribution in [0.1, 0.15) is 12.2 Å². The molecule has 0 aromatic carbocycles. The van der Waals surface area contributed by atoms with Crippen LogP contribution in [0.25, 0.3) is 10.2 Å². The van der Waals surface area contributed by atoms with E-state index < -0.39 is 11.9 Å². The van der Waals surface area contributed by atoms with Gasteiger partial charge in [-0.15, -0.1) is 11.3 Å². The normalized spacial score (nSPS) is 10.7. The molecule has 0 saturated carbocycles. The van der Waals surface area contributed by atoms with Crippen LogP contribution in [-0.4, -0.2) is 28.0 Å². The largest absolute Gasteiger partial charge is 0.467 e. The highest BCUT2D eigenvalue weighted by Gasteiger charge is 2.10. The summed E-state index contributed by atoms with van der Waals surface area (Å²) < 4.78 is 11.3. The number of carbonyl (C=O) groups is 2. The number of carbonyl (C=O) groups excluding carboxylic acids is 2. The zero-order valence-corrected chi connectivity index (χ0v) is 14.0. The van der Waals surface area contributed by atoms with Crippen molar-refractivity contribution in [1.29, 1.82) is 0 Å². The van der Waals surface area contributed by atoms with Crippen molar-refractivity contribution >= 4 is 33.4 Å². The minimum absolute atomic E-state index is 0.0251. The molecule has 0 unspecified atom stereocenters. The molecule has 3 aromatic rings. The quantitative estimate of drug-likeness (QED) is 0.636. The highest BCUT2D eigenvalue weighted by molar-refractivity contribution is 7.16. The van der Waals surface area contributed by atoms with Crippen molar-refractivity contribution < 1.29 is 18.7 Å². The van der Waals surface area contributed by atoms with Gasteiger partial charge in [0.2, 0.25) is 0 Å². The summed E-state index contributed by atoms with van der Waals surface area (Å²) >= 11 is 1.38. The van der Waals surface area contributed by atoms with Crippen LogP contribution in [0.3, 0.4) is 0 Å². The van der Waals surface area contributed by atoms with Gasteiger partial charge in [-0.25, -0.2) is 4.98 Å². The van der Waals surface area contributed by atoms with Gasteiger partial charge in [-0.3, -0.25) is 19.0 Å². The van der Waals surface area contributed by atoms with E-state index in [1.54, 1.807) is 23.6 Å². The fourth-order valence-electron chi connectivity index (χ4n) is 2.13. The first-order valence-electron chi connectivity index (χ1n) is 7.51. The average molecular weight is 361 g/mol. The van der Waals surface area contributed by atoms with E-state index in [9.17, 15) is 14.4 Å². The summed E-state index contributed by atoms with van der Waals surface area (Å²) in [6.45, 7) is -0.00811. The number of rotatable bonds is 7. The van der Waals surface area contributed by atoms with Gasteiger partial charge >= 0.3 is 5.97 Å². The van der Waals surface area contributed by atoms with E-state index in [1.165, 1.54) is 28.5 Å². The molecule has 130 valence electrons. The number of ether oxygens (including phenoxy) is 1. The molecule has 0 spiro atoms. The van der Waals surface area contributed by atoms with Crippen LogP contribution in [-0.2, 0) is 27.4 Å². The molecular formula is C16H15N3O5S. The van der Waals surface area contributed by atoms with Crippen molar-refractivity contribution in [2.75, 3.05) is 6.61 Å². The molecule has 8 nitrogen and oxygen atoms in total. The van der Waals surface area contributed by atoms with E-state index in [1.807, 2.05) is 0 Å². The molecule has 0 aliphatic heterocycles. The van der Waals surface area contributed by atoms with Gasteiger partial charge in [-0.2, -0.15) is 0 Å². The Bertz CT molecular complexity index is 929. The molecule has 0 saturated heterocycles. The van der Waals surface area contributed by atoms with Crippen LogP contribution >= 0.6 is 11.3 Å². The molecule has 0 fully saturated rings. The second-order valence-corrected chi connectivity index (χ2v) is 6.04. The molecule has 0 atom stereocenters. The third kappa shape index (κ3) is 4.32. The number of nitrogens with zero attached hydrogens (tertiary/aromatic N) is 2. The number of hydrogen-bond donors (Lipinski definition) is 1. The minimum atomic E-state index is -0.564. The fraction of sp³-hybridized carbons (Fsp3) is 0.250. The number of thiophene rings is 1. The standard InChI is InChI=1S/C16H15N3O5S/c20-13(17-8-11-2-1-6-23-11)9-24-14(21)3-5-19-10-18-15-12(16(19)22)4-7-25-15/h1-2,4,6-7,10H,3,5,8-9H2,(H,17,20). The van der Waals surface area contributed by atoms with Crippen LogP contribution in [0, 0.1) is 0 Å². The van der Waals surface area contributed by atoms with Gasteiger partial charge in [0.25, 0.3) is 11.5 Å². The van der Waals surface area contributed by atoms with Crippen molar-refractivity contribution in [3.05, 3.63) is 52.3 Å². The monoisotopic (exact) mass is 361 g/mol. The maximum atomic E-state index is 12.2. The number of aryl methyl sites for hydroxylation is 1. The topological polar surface area (TPSA) is 103 Å². The third-order valence-electron chi connectivity index (χ3n) is 3.41. The summed E-state index contributed by atoms with van der Waals surface area (Å²) in [6, 6.07) is 5.14. The van der Waals surface area contributed by atoms with Crippen molar-refractivity contribution in [2.45, 2.75) is 19.5 Å². The summed E-state index contributed by atoms with van der Waals surface area (Å²) in [5.41, 5.74) is -0.199. The first-order valence-corrected chi connectivity index (χ1v) is 8.39. The predicted octanol–water partition coefficient (Wildman–Crippen LogP) is 1.30. The lowest BCUT2D eigenvalue weighted by Gasteiger charge is -2.07. The third-order valence-corrected chi connectivity index (χ3v) is 4.23. The Kier molecular flexibility index (Phi) is 5.24. The Balaban J connectivity index is 1.43. The highest BCUT2D eigenvalue weighted by atomic mass is 32.1. The van der Waals surface area contributed by atoms with E-state index in [2.05, 4.69) is 10.3 Å². The average Bonchev–Trinajstić information content (AvgIpc) is 3.29. The lowest BCUT2D eigenvalue weighted by atomic mass is 10.4.